The summed E-state index contributed by atoms with van der Waals surface area (Å²) in [5.74, 6) is -0.880. The van der Waals surface area contributed by atoms with Crippen molar-refractivity contribution in [1.82, 2.24) is 4.57 Å². The molecule has 1 unspecified atom stereocenters. The molecule has 0 fully saturated rings. The summed E-state index contributed by atoms with van der Waals surface area (Å²) in [4.78, 5) is 22.3. The van der Waals surface area contributed by atoms with E-state index in [0.717, 1.165) is 5.56 Å². The number of oxazole rings is 1. The van der Waals surface area contributed by atoms with Crippen LogP contribution in [0.2, 0.25) is 0 Å². The fourth-order valence-corrected chi connectivity index (χ4v) is 1.81. The summed E-state index contributed by atoms with van der Waals surface area (Å²) >= 11 is 0. The van der Waals surface area contributed by atoms with E-state index in [1.165, 1.54) is 11.7 Å². The van der Waals surface area contributed by atoms with Crippen molar-refractivity contribution in [3.8, 4) is 0 Å². The minimum absolute atomic E-state index is 0.146. The van der Waals surface area contributed by atoms with Gasteiger partial charge < -0.3 is 19.6 Å². The lowest BCUT2D eigenvalue weighted by molar-refractivity contribution is -0.146. The molecule has 2 aromatic rings. The standard InChI is InChI=1S/C13H16N2O5/c1-15-10-4-3-8(5-11(10)20-13(15)17)9(14)6-19-7-12(16)18-2/h3-5,9H,6-7,14H2,1-2H3. The van der Waals surface area contributed by atoms with Crippen LogP contribution in [-0.4, -0.2) is 30.9 Å². The summed E-state index contributed by atoms with van der Waals surface area (Å²) in [5, 5.41) is 0. The van der Waals surface area contributed by atoms with Crippen molar-refractivity contribution in [1.29, 1.82) is 0 Å². The van der Waals surface area contributed by atoms with E-state index in [0.29, 0.717) is 11.1 Å². The molecule has 0 aliphatic carbocycles. The maximum Gasteiger partial charge on any atom is 0.419 e. The van der Waals surface area contributed by atoms with Crippen molar-refractivity contribution in [2.45, 2.75) is 6.04 Å². The van der Waals surface area contributed by atoms with Crippen LogP contribution < -0.4 is 11.5 Å². The fraction of sp³-hybridized carbons (Fsp3) is 0.385. The molecular formula is C13H16N2O5. The van der Waals surface area contributed by atoms with Crippen LogP contribution in [-0.2, 0) is 21.3 Å². The van der Waals surface area contributed by atoms with Crippen LogP contribution in [0.15, 0.2) is 27.4 Å². The number of rotatable bonds is 5. The Hall–Kier alpha value is -2.12. The summed E-state index contributed by atoms with van der Waals surface area (Å²) in [6.07, 6.45) is 0. The molecule has 2 rings (SSSR count). The Bertz CT molecular complexity index is 673. The Kier molecular flexibility index (Phi) is 4.21. The number of nitrogens with zero attached hydrogens (tertiary/aromatic N) is 1. The second-order valence-corrected chi connectivity index (χ2v) is 4.35. The van der Waals surface area contributed by atoms with Gasteiger partial charge in [-0.3, -0.25) is 4.57 Å². The van der Waals surface area contributed by atoms with E-state index in [9.17, 15) is 9.59 Å². The van der Waals surface area contributed by atoms with E-state index in [4.69, 9.17) is 14.9 Å². The lowest BCUT2D eigenvalue weighted by Crippen LogP contribution is -2.20. The van der Waals surface area contributed by atoms with Crippen molar-refractivity contribution >= 4 is 17.1 Å². The number of methoxy groups -OCH3 is 1. The number of hydrogen-bond acceptors (Lipinski definition) is 6. The van der Waals surface area contributed by atoms with Gasteiger partial charge in [-0.2, -0.15) is 0 Å². The topological polar surface area (TPSA) is 96.7 Å². The Morgan fingerprint density at radius 1 is 1.50 bits per heavy atom. The van der Waals surface area contributed by atoms with Gasteiger partial charge in [0.2, 0.25) is 0 Å². The highest BCUT2D eigenvalue weighted by atomic mass is 16.6. The molecule has 1 aromatic carbocycles. The van der Waals surface area contributed by atoms with Gasteiger partial charge in [0.25, 0.3) is 0 Å². The highest BCUT2D eigenvalue weighted by molar-refractivity contribution is 5.73. The minimum atomic E-state index is -0.457. The second kappa shape index (κ2) is 5.89. The van der Waals surface area contributed by atoms with Crippen LogP contribution in [0.4, 0.5) is 0 Å². The molecule has 0 radical (unpaired) electrons. The van der Waals surface area contributed by atoms with Crippen LogP contribution in [0.1, 0.15) is 11.6 Å². The quantitative estimate of drug-likeness (QED) is 0.792. The molecule has 1 heterocycles. The van der Waals surface area contributed by atoms with Crippen molar-refractivity contribution in [2.75, 3.05) is 20.3 Å². The van der Waals surface area contributed by atoms with Crippen molar-refractivity contribution in [3.63, 3.8) is 0 Å². The molecule has 0 aliphatic rings. The third kappa shape index (κ3) is 2.89. The van der Waals surface area contributed by atoms with Gasteiger partial charge in [0.1, 0.15) is 6.61 Å². The van der Waals surface area contributed by atoms with Gasteiger partial charge in [0.05, 0.1) is 25.3 Å². The number of nitrogens with two attached hydrogens (primary N) is 1. The van der Waals surface area contributed by atoms with E-state index >= 15 is 0 Å². The fourth-order valence-electron chi connectivity index (χ4n) is 1.81. The van der Waals surface area contributed by atoms with Crippen LogP contribution in [0.3, 0.4) is 0 Å². The lowest BCUT2D eigenvalue weighted by Gasteiger charge is -2.11. The number of benzene rings is 1. The number of ether oxygens (including phenoxy) is 2. The zero-order chi connectivity index (χ0) is 14.7. The number of fused-ring (bicyclic) bond motifs is 1. The minimum Gasteiger partial charge on any atom is -0.467 e. The van der Waals surface area contributed by atoms with E-state index < -0.39 is 17.8 Å². The predicted octanol–water partition coefficient (Wildman–Crippen LogP) is 0.321. The molecule has 0 saturated carbocycles. The van der Waals surface area contributed by atoms with Gasteiger partial charge in [0, 0.05) is 7.05 Å². The molecule has 1 aromatic heterocycles. The zero-order valence-electron chi connectivity index (χ0n) is 11.3. The SMILES string of the molecule is COC(=O)COCC(N)c1ccc2c(c1)oc(=O)n2C. The predicted molar refractivity (Wildman–Crippen MR) is 71.2 cm³/mol. The average Bonchev–Trinajstić information content (AvgIpc) is 2.73. The number of hydrogen-bond donors (Lipinski definition) is 1. The number of carbonyl (C=O) groups excluding carboxylic acids is 1. The Morgan fingerprint density at radius 3 is 2.95 bits per heavy atom. The van der Waals surface area contributed by atoms with Crippen molar-refractivity contribution < 1.29 is 18.7 Å². The molecule has 108 valence electrons. The summed E-state index contributed by atoms with van der Waals surface area (Å²) in [6.45, 7) is 0.0184. The second-order valence-electron chi connectivity index (χ2n) is 4.35. The first kappa shape index (κ1) is 14.3. The molecule has 0 spiro atoms. The number of carbonyl (C=O) groups is 1. The molecule has 20 heavy (non-hydrogen) atoms. The average molecular weight is 280 g/mol. The number of aromatic nitrogens is 1. The first-order chi connectivity index (χ1) is 9.52. The molecular weight excluding hydrogens is 264 g/mol. The van der Waals surface area contributed by atoms with Gasteiger partial charge in [-0.05, 0) is 17.7 Å². The summed E-state index contributed by atoms with van der Waals surface area (Å²) in [5.41, 5.74) is 7.88. The smallest absolute Gasteiger partial charge is 0.419 e. The van der Waals surface area contributed by atoms with Gasteiger partial charge >= 0.3 is 11.7 Å². The monoisotopic (exact) mass is 280 g/mol. The molecule has 2 N–H and O–H groups in total. The lowest BCUT2D eigenvalue weighted by atomic mass is 10.1. The van der Waals surface area contributed by atoms with E-state index in [2.05, 4.69) is 4.74 Å². The first-order valence-electron chi connectivity index (χ1n) is 6.02. The van der Waals surface area contributed by atoms with E-state index in [1.54, 1.807) is 25.2 Å². The molecule has 0 amide bonds. The summed E-state index contributed by atoms with van der Waals surface area (Å²) in [6, 6.07) is 4.83. The molecule has 0 bridgehead atoms. The van der Waals surface area contributed by atoms with Gasteiger partial charge in [-0.25, -0.2) is 9.59 Å². The number of aryl methyl sites for hydroxylation is 1. The molecule has 1 atom stereocenters. The molecule has 0 saturated heterocycles. The Balaban J connectivity index is 2.08. The normalized spacial score (nSPS) is 12.6. The number of esters is 1. The van der Waals surface area contributed by atoms with Crippen LogP contribution >= 0.6 is 0 Å². The van der Waals surface area contributed by atoms with E-state index in [1.807, 2.05) is 0 Å². The highest BCUT2D eigenvalue weighted by Crippen LogP contribution is 2.18. The maximum atomic E-state index is 11.4. The van der Waals surface area contributed by atoms with Crippen LogP contribution in [0.5, 0.6) is 0 Å². The third-order valence-corrected chi connectivity index (χ3v) is 2.99. The summed E-state index contributed by atoms with van der Waals surface area (Å²) in [7, 11) is 2.92. The largest absolute Gasteiger partial charge is 0.467 e. The van der Waals surface area contributed by atoms with Crippen LogP contribution in [0, 0.1) is 0 Å². The Labute approximate surface area is 114 Å². The van der Waals surface area contributed by atoms with Gasteiger partial charge in [0.15, 0.2) is 5.58 Å². The third-order valence-electron chi connectivity index (χ3n) is 2.99. The van der Waals surface area contributed by atoms with Gasteiger partial charge in [-0.15, -0.1) is 0 Å². The molecule has 0 aliphatic heterocycles. The zero-order valence-corrected chi connectivity index (χ0v) is 11.3. The molecule has 7 heteroatoms. The Morgan fingerprint density at radius 2 is 2.25 bits per heavy atom. The van der Waals surface area contributed by atoms with Crippen molar-refractivity contribution in [3.05, 3.63) is 34.3 Å². The van der Waals surface area contributed by atoms with Crippen molar-refractivity contribution in [2.24, 2.45) is 12.8 Å². The highest BCUT2D eigenvalue weighted by Gasteiger charge is 2.12. The first-order valence-corrected chi connectivity index (χ1v) is 6.02. The summed E-state index contributed by atoms with van der Waals surface area (Å²) < 4.78 is 16.1. The van der Waals surface area contributed by atoms with Crippen LogP contribution in [0.25, 0.3) is 11.1 Å². The van der Waals surface area contributed by atoms with E-state index in [-0.39, 0.29) is 13.2 Å². The van der Waals surface area contributed by atoms with Gasteiger partial charge in [-0.1, -0.05) is 6.07 Å². The maximum absolute atomic E-state index is 11.4. The molecule has 7 nitrogen and oxygen atoms in total.